The summed E-state index contributed by atoms with van der Waals surface area (Å²) in [4.78, 5) is 17.5. The molecule has 5 heteroatoms. The van der Waals surface area contributed by atoms with E-state index in [0.717, 1.165) is 0 Å². The van der Waals surface area contributed by atoms with Crippen molar-refractivity contribution in [3.05, 3.63) is 24.0 Å². The topological polar surface area (TPSA) is 62.7 Å². The van der Waals surface area contributed by atoms with Crippen molar-refractivity contribution >= 4 is 5.91 Å². The van der Waals surface area contributed by atoms with Crippen molar-refractivity contribution in [2.45, 2.75) is 19.4 Å². The molecule has 0 unspecified atom stereocenters. The SMILES string of the molecule is COc1cnccc1C(=O)N(C)CC(C)(C)O. The number of aliphatic hydroxyl groups is 1. The van der Waals surface area contributed by atoms with E-state index in [2.05, 4.69) is 4.98 Å². The fourth-order valence-corrected chi connectivity index (χ4v) is 1.58. The minimum atomic E-state index is -0.926. The predicted molar refractivity (Wildman–Crippen MR) is 64.0 cm³/mol. The molecule has 17 heavy (non-hydrogen) atoms. The van der Waals surface area contributed by atoms with Crippen LogP contribution in [0.5, 0.6) is 5.75 Å². The molecular weight excluding hydrogens is 220 g/mol. The lowest BCUT2D eigenvalue weighted by Crippen LogP contribution is -2.39. The van der Waals surface area contributed by atoms with Crippen molar-refractivity contribution in [3.63, 3.8) is 0 Å². The van der Waals surface area contributed by atoms with Crippen LogP contribution in [0.3, 0.4) is 0 Å². The molecule has 0 spiro atoms. The molecule has 0 saturated heterocycles. The number of carbonyl (C=O) groups excluding carboxylic acids is 1. The Morgan fingerprint density at radius 1 is 1.59 bits per heavy atom. The molecule has 0 bridgehead atoms. The molecule has 0 radical (unpaired) electrons. The summed E-state index contributed by atoms with van der Waals surface area (Å²) in [6, 6.07) is 1.60. The Balaban J connectivity index is 2.89. The quantitative estimate of drug-likeness (QED) is 0.847. The maximum absolute atomic E-state index is 12.1. The van der Waals surface area contributed by atoms with Gasteiger partial charge in [-0.2, -0.15) is 0 Å². The largest absolute Gasteiger partial charge is 0.494 e. The number of hydrogen-bond donors (Lipinski definition) is 1. The van der Waals surface area contributed by atoms with Crippen LogP contribution in [0.1, 0.15) is 24.2 Å². The van der Waals surface area contributed by atoms with Gasteiger partial charge in [-0.1, -0.05) is 0 Å². The van der Waals surface area contributed by atoms with Gasteiger partial charge < -0.3 is 14.7 Å². The van der Waals surface area contributed by atoms with Crippen molar-refractivity contribution in [3.8, 4) is 5.75 Å². The van der Waals surface area contributed by atoms with Crippen molar-refractivity contribution < 1.29 is 14.6 Å². The van der Waals surface area contributed by atoms with Gasteiger partial charge in [0.2, 0.25) is 0 Å². The minimum Gasteiger partial charge on any atom is -0.494 e. The van der Waals surface area contributed by atoms with Crippen LogP contribution in [0.25, 0.3) is 0 Å². The molecule has 1 N–H and O–H groups in total. The van der Waals surface area contributed by atoms with Crippen molar-refractivity contribution in [2.75, 3.05) is 20.7 Å². The smallest absolute Gasteiger partial charge is 0.257 e. The number of nitrogens with zero attached hydrogens (tertiary/aromatic N) is 2. The van der Waals surface area contributed by atoms with Crippen LogP contribution in [0.2, 0.25) is 0 Å². The number of carbonyl (C=O) groups is 1. The summed E-state index contributed by atoms with van der Waals surface area (Å²) in [5, 5.41) is 9.67. The van der Waals surface area contributed by atoms with Gasteiger partial charge in [0.05, 0.1) is 24.5 Å². The van der Waals surface area contributed by atoms with E-state index in [1.165, 1.54) is 24.4 Å². The molecule has 0 atom stereocenters. The van der Waals surface area contributed by atoms with Gasteiger partial charge in [0.25, 0.3) is 5.91 Å². The third-order valence-corrected chi connectivity index (χ3v) is 2.21. The molecule has 1 aromatic heterocycles. The summed E-state index contributed by atoms with van der Waals surface area (Å²) in [5.41, 5.74) is -0.487. The molecule has 1 amide bonds. The summed E-state index contributed by atoms with van der Waals surface area (Å²) in [7, 11) is 3.13. The minimum absolute atomic E-state index is 0.202. The second-order valence-corrected chi connectivity index (χ2v) is 4.55. The molecule has 0 saturated carbocycles. The first-order valence-electron chi connectivity index (χ1n) is 5.31. The van der Waals surface area contributed by atoms with Gasteiger partial charge >= 0.3 is 0 Å². The maximum atomic E-state index is 12.1. The first-order valence-corrected chi connectivity index (χ1v) is 5.31. The normalized spacial score (nSPS) is 11.1. The van der Waals surface area contributed by atoms with Gasteiger partial charge in [0.15, 0.2) is 0 Å². The Labute approximate surface area is 101 Å². The van der Waals surface area contributed by atoms with E-state index in [9.17, 15) is 9.90 Å². The molecule has 5 nitrogen and oxygen atoms in total. The van der Waals surface area contributed by atoms with Crippen LogP contribution < -0.4 is 4.74 Å². The average Bonchev–Trinajstić information content (AvgIpc) is 2.25. The summed E-state index contributed by atoms with van der Waals surface area (Å²) in [6.07, 6.45) is 3.03. The lowest BCUT2D eigenvalue weighted by molar-refractivity contribution is 0.0366. The molecule has 0 aromatic carbocycles. The molecule has 0 aliphatic rings. The van der Waals surface area contributed by atoms with Crippen LogP contribution >= 0.6 is 0 Å². The highest BCUT2D eigenvalue weighted by Gasteiger charge is 2.22. The Kier molecular flexibility index (Phi) is 4.07. The number of amides is 1. The lowest BCUT2D eigenvalue weighted by Gasteiger charge is -2.26. The first kappa shape index (κ1) is 13.4. The lowest BCUT2D eigenvalue weighted by atomic mass is 10.1. The Morgan fingerprint density at radius 3 is 2.76 bits per heavy atom. The molecule has 0 aliphatic carbocycles. The molecular formula is C12H18N2O3. The van der Waals surface area contributed by atoms with Crippen molar-refractivity contribution in [1.29, 1.82) is 0 Å². The first-order chi connectivity index (χ1) is 7.85. The van der Waals surface area contributed by atoms with E-state index in [1.54, 1.807) is 27.0 Å². The summed E-state index contributed by atoms with van der Waals surface area (Å²) in [5.74, 6) is 0.228. The highest BCUT2D eigenvalue weighted by Crippen LogP contribution is 2.18. The van der Waals surface area contributed by atoms with E-state index in [0.29, 0.717) is 11.3 Å². The Hall–Kier alpha value is -1.62. The van der Waals surface area contributed by atoms with Gasteiger partial charge in [-0.15, -0.1) is 0 Å². The highest BCUT2D eigenvalue weighted by atomic mass is 16.5. The third kappa shape index (κ3) is 3.71. The molecule has 1 aromatic rings. The number of rotatable bonds is 4. The molecule has 0 fully saturated rings. The van der Waals surface area contributed by atoms with Crippen molar-refractivity contribution in [1.82, 2.24) is 9.88 Å². The van der Waals surface area contributed by atoms with E-state index >= 15 is 0 Å². The Morgan fingerprint density at radius 2 is 2.24 bits per heavy atom. The highest BCUT2D eigenvalue weighted by molar-refractivity contribution is 5.96. The zero-order valence-electron chi connectivity index (χ0n) is 10.6. The fourth-order valence-electron chi connectivity index (χ4n) is 1.58. The van der Waals surface area contributed by atoms with E-state index < -0.39 is 5.60 Å². The second-order valence-electron chi connectivity index (χ2n) is 4.55. The van der Waals surface area contributed by atoms with Gasteiger partial charge in [-0.25, -0.2) is 0 Å². The van der Waals surface area contributed by atoms with E-state index in [1.807, 2.05) is 0 Å². The van der Waals surface area contributed by atoms with E-state index in [-0.39, 0.29) is 12.5 Å². The standard InChI is InChI=1S/C12H18N2O3/c1-12(2,16)8-14(3)11(15)9-5-6-13-7-10(9)17-4/h5-7,16H,8H2,1-4H3. The number of ether oxygens (including phenoxy) is 1. The number of pyridine rings is 1. The summed E-state index contributed by atoms with van der Waals surface area (Å²) >= 11 is 0. The zero-order valence-corrected chi connectivity index (χ0v) is 10.6. The monoisotopic (exact) mass is 238 g/mol. The number of likely N-dealkylation sites (N-methyl/N-ethyl adjacent to an activating group) is 1. The molecule has 1 rings (SSSR count). The number of aromatic nitrogens is 1. The van der Waals surface area contributed by atoms with Crippen LogP contribution in [0.15, 0.2) is 18.5 Å². The third-order valence-electron chi connectivity index (χ3n) is 2.21. The Bertz CT molecular complexity index is 399. The molecule has 1 heterocycles. The number of hydrogen-bond acceptors (Lipinski definition) is 4. The van der Waals surface area contributed by atoms with Crippen LogP contribution in [0.4, 0.5) is 0 Å². The average molecular weight is 238 g/mol. The fraction of sp³-hybridized carbons (Fsp3) is 0.500. The predicted octanol–water partition coefficient (Wildman–Crippen LogP) is 0.933. The van der Waals surface area contributed by atoms with E-state index in [4.69, 9.17) is 4.74 Å². The second kappa shape index (κ2) is 5.14. The molecule has 94 valence electrons. The van der Waals surface area contributed by atoms with Crippen LogP contribution in [0, 0.1) is 0 Å². The van der Waals surface area contributed by atoms with Gasteiger partial charge in [-0.3, -0.25) is 9.78 Å². The summed E-state index contributed by atoms with van der Waals surface area (Å²) < 4.78 is 5.07. The van der Waals surface area contributed by atoms with Gasteiger partial charge in [0, 0.05) is 19.8 Å². The zero-order chi connectivity index (χ0) is 13.1. The maximum Gasteiger partial charge on any atom is 0.257 e. The summed E-state index contributed by atoms with van der Waals surface area (Å²) in [6.45, 7) is 3.55. The number of methoxy groups -OCH3 is 1. The van der Waals surface area contributed by atoms with Crippen molar-refractivity contribution in [2.24, 2.45) is 0 Å². The van der Waals surface area contributed by atoms with Crippen LogP contribution in [-0.2, 0) is 0 Å². The van der Waals surface area contributed by atoms with Crippen LogP contribution in [-0.4, -0.2) is 47.2 Å². The molecule has 0 aliphatic heterocycles. The van der Waals surface area contributed by atoms with Gasteiger partial charge in [-0.05, 0) is 19.9 Å². The van der Waals surface area contributed by atoms with Gasteiger partial charge in [0.1, 0.15) is 5.75 Å².